The molecule has 2 heterocycles. The molecule has 4 rings (SSSR count). The van der Waals surface area contributed by atoms with E-state index in [0.29, 0.717) is 6.61 Å². The fourth-order valence-corrected chi connectivity index (χ4v) is 3.33. The number of aromatic nitrogens is 1. The van der Waals surface area contributed by atoms with E-state index >= 15 is 0 Å². The van der Waals surface area contributed by atoms with Gasteiger partial charge in [-0.3, -0.25) is 4.98 Å². The Bertz CT molecular complexity index is 842. The second-order valence-corrected chi connectivity index (χ2v) is 6.57. The van der Waals surface area contributed by atoms with Gasteiger partial charge in [0.25, 0.3) is 0 Å². The monoisotopic (exact) mass is 333 g/mol. The number of piperazine rings is 1. The van der Waals surface area contributed by atoms with Crippen LogP contribution in [0.3, 0.4) is 0 Å². The van der Waals surface area contributed by atoms with Gasteiger partial charge in [0, 0.05) is 55.0 Å². The standard InChI is InChI=1S/C21H23N3O/c1-23-11-13-24(14-12-23)20-7-8-21(18-9-10-22-15-19(18)20)25-16-17-5-3-2-4-6-17/h2-10,15H,11-14,16H2,1H3. The van der Waals surface area contributed by atoms with Crippen LogP contribution in [0.4, 0.5) is 5.69 Å². The van der Waals surface area contributed by atoms with Gasteiger partial charge in [0.05, 0.1) is 0 Å². The summed E-state index contributed by atoms with van der Waals surface area (Å²) in [6.07, 6.45) is 3.80. The molecular weight excluding hydrogens is 310 g/mol. The van der Waals surface area contributed by atoms with Crippen molar-refractivity contribution in [2.24, 2.45) is 0 Å². The van der Waals surface area contributed by atoms with Crippen molar-refractivity contribution in [3.05, 3.63) is 66.5 Å². The molecule has 25 heavy (non-hydrogen) atoms. The number of fused-ring (bicyclic) bond motifs is 1. The molecule has 0 saturated carbocycles. The number of rotatable bonds is 4. The first-order chi connectivity index (χ1) is 12.3. The fourth-order valence-electron chi connectivity index (χ4n) is 3.33. The highest BCUT2D eigenvalue weighted by atomic mass is 16.5. The summed E-state index contributed by atoms with van der Waals surface area (Å²) < 4.78 is 6.11. The molecule has 0 N–H and O–H groups in total. The summed E-state index contributed by atoms with van der Waals surface area (Å²) in [7, 11) is 2.18. The van der Waals surface area contributed by atoms with Gasteiger partial charge in [-0.15, -0.1) is 0 Å². The van der Waals surface area contributed by atoms with Crippen molar-refractivity contribution in [1.82, 2.24) is 9.88 Å². The van der Waals surface area contributed by atoms with Crippen molar-refractivity contribution < 1.29 is 4.74 Å². The largest absolute Gasteiger partial charge is 0.488 e. The number of likely N-dealkylation sites (N-methyl/N-ethyl adjacent to an activating group) is 1. The molecular formula is C21H23N3O. The van der Waals surface area contributed by atoms with Crippen LogP contribution in [0.5, 0.6) is 5.75 Å². The summed E-state index contributed by atoms with van der Waals surface area (Å²) in [5.74, 6) is 0.916. The zero-order valence-electron chi connectivity index (χ0n) is 14.6. The number of hydrogen-bond donors (Lipinski definition) is 0. The molecule has 1 aliphatic rings. The van der Waals surface area contributed by atoms with Crippen molar-refractivity contribution in [3.8, 4) is 5.75 Å². The van der Waals surface area contributed by atoms with E-state index in [1.165, 1.54) is 11.3 Å². The van der Waals surface area contributed by atoms with Gasteiger partial charge in [-0.2, -0.15) is 0 Å². The molecule has 0 bridgehead atoms. The number of pyridine rings is 1. The average molecular weight is 333 g/mol. The van der Waals surface area contributed by atoms with E-state index in [-0.39, 0.29) is 0 Å². The Kier molecular flexibility index (Phi) is 4.53. The van der Waals surface area contributed by atoms with Gasteiger partial charge in [-0.1, -0.05) is 30.3 Å². The number of hydrogen-bond acceptors (Lipinski definition) is 4. The van der Waals surface area contributed by atoms with Gasteiger partial charge in [0.2, 0.25) is 0 Å². The molecule has 0 spiro atoms. The summed E-state index contributed by atoms with van der Waals surface area (Å²) >= 11 is 0. The molecule has 0 amide bonds. The number of benzene rings is 2. The van der Waals surface area contributed by atoms with Crippen LogP contribution in [0, 0.1) is 0 Å². The van der Waals surface area contributed by atoms with E-state index in [9.17, 15) is 0 Å². The highest BCUT2D eigenvalue weighted by Crippen LogP contribution is 2.34. The first kappa shape index (κ1) is 15.9. The molecule has 1 aliphatic heterocycles. The minimum atomic E-state index is 0.576. The Balaban J connectivity index is 1.62. The minimum absolute atomic E-state index is 0.576. The minimum Gasteiger partial charge on any atom is -0.488 e. The SMILES string of the molecule is CN1CCN(c2ccc(OCc3ccccc3)c3ccncc23)CC1. The van der Waals surface area contributed by atoms with E-state index < -0.39 is 0 Å². The summed E-state index contributed by atoms with van der Waals surface area (Å²) in [4.78, 5) is 9.17. The van der Waals surface area contributed by atoms with Gasteiger partial charge in [0.1, 0.15) is 12.4 Å². The molecule has 1 fully saturated rings. The van der Waals surface area contributed by atoms with Gasteiger partial charge in [0.15, 0.2) is 0 Å². The van der Waals surface area contributed by atoms with Crippen molar-refractivity contribution in [2.45, 2.75) is 6.61 Å². The highest BCUT2D eigenvalue weighted by Gasteiger charge is 2.17. The van der Waals surface area contributed by atoms with E-state index in [1.807, 2.05) is 30.6 Å². The molecule has 0 aliphatic carbocycles. The predicted molar refractivity (Wildman–Crippen MR) is 102 cm³/mol. The lowest BCUT2D eigenvalue weighted by atomic mass is 10.1. The molecule has 128 valence electrons. The Morgan fingerprint density at radius 3 is 2.52 bits per heavy atom. The van der Waals surface area contributed by atoms with Crippen molar-refractivity contribution in [1.29, 1.82) is 0 Å². The quantitative estimate of drug-likeness (QED) is 0.730. The lowest BCUT2D eigenvalue weighted by Crippen LogP contribution is -2.44. The van der Waals surface area contributed by atoms with Crippen molar-refractivity contribution in [2.75, 3.05) is 38.1 Å². The predicted octanol–water partition coefficient (Wildman–Crippen LogP) is 3.57. The Morgan fingerprint density at radius 1 is 0.920 bits per heavy atom. The van der Waals surface area contributed by atoms with Gasteiger partial charge in [-0.05, 0) is 30.8 Å². The van der Waals surface area contributed by atoms with Gasteiger partial charge < -0.3 is 14.5 Å². The van der Waals surface area contributed by atoms with Crippen LogP contribution in [0.15, 0.2) is 60.9 Å². The molecule has 3 aromatic rings. The first-order valence-corrected chi connectivity index (χ1v) is 8.78. The van der Waals surface area contributed by atoms with Gasteiger partial charge in [-0.25, -0.2) is 0 Å². The van der Waals surface area contributed by atoms with Crippen LogP contribution in [0.2, 0.25) is 0 Å². The third-order valence-electron chi connectivity index (χ3n) is 4.84. The smallest absolute Gasteiger partial charge is 0.127 e. The zero-order valence-corrected chi connectivity index (χ0v) is 14.6. The molecule has 1 saturated heterocycles. The summed E-state index contributed by atoms with van der Waals surface area (Å²) in [6, 6.07) is 16.6. The number of nitrogens with zero attached hydrogens (tertiary/aromatic N) is 3. The number of anilines is 1. The highest BCUT2D eigenvalue weighted by molar-refractivity contribution is 5.97. The van der Waals surface area contributed by atoms with Crippen LogP contribution in [0.1, 0.15) is 5.56 Å². The van der Waals surface area contributed by atoms with Crippen LogP contribution >= 0.6 is 0 Å². The fraction of sp³-hybridized carbons (Fsp3) is 0.286. The first-order valence-electron chi connectivity index (χ1n) is 8.78. The lowest BCUT2D eigenvalue weighted by Gasteiger charge is -2.34. The van der Waals surface area contributed by atoms with Crippen LogP contribution in [-0.4, -0.2) is 43.1 Å². The summed E-state index contributed by atoms with van der Waals surface area (Å²) in [6.45, 7) is 4.85. The maximum atomic E-state index is 6.11. The van der Waals surface area contributed by atoms with E-state index in [1.54, 1.807) is 0 Å². The second-order valence-electron chi connectivity index (χ2n) is 6.57. The van der Waals surface area contributed by atoms with E-state index in [0.717, 1.165) is 42.7 Å². The van der Waals surface area contributed by atoms with Crippen molar-refractivity contribution in [3.63, 3.8) is 0 Å². The lowest BCUT2D eigenvalue weighted by molar-refractivity contribution is 0.309. The van der Waals surface area contributed by atoms with E-state index in [4.69, 9.17) is 4.74 Å². The van der Waals surface area contributed by atoms with Gasteiger partial charge >= 0.3 is 0 Å². The van der Waals surface area contributed by atoms with Crippen LogP contribution in [-0.2, 0) is 6.61 Å². The normalized spacial score (nSPS) is 15.5. The summed E-state index contributed by atoms with van der Waals surface area (Å²) in [5, 5.41) is 2.29. The molecule has 0 unspecified atom stereocenters. The van der Waals surface area contributed by atoms with Crippen molar-refractivity contribution >= 4 is 16.5 Å². The summed E-state index contributed by atoms with van der Waals surface area (Å²) in [5.41, 5.74) is 2.43. The molecule has 4 nitrogen and oxygen atoms in total. The Hall–Kier alpha value is -2.59. The van der Waals surface area contributed by atoms with E-state index in [2.05, 4.69) is 52.2 Å². The maximum Gasteiger partial charge on any atom is 0.127 e. The van der Waals surface area contributed by atoms with Crippen LogP contribution < -0.4 is 9.64 Å². The Labute approximate surface area is 148 Å². The average Bonchev–Trinajstić information content (AvgIpc) is 2.68. The second kappa shape index (κ2) is 7.11. The zero-order chi connectivity index (χ0) is 17.1. The molecule has 0 atom stereocenters. The molecule has 0 radical (unpaired) electrons. The topological polar surface area (TPSA) is 28.6 Å². The van der Waals surface area contributed by atoms with Crippen LogP contribution in [0.25, 0.3) is 10.8 Å². The Morgan fingerprint density at radius 2 is 1.72 bits per heavy atom. The maximum absolute atomic E-state index is 6.11. The molecule has 2 aromatic carbocycles. The molecule has 4 heteroatoms. The molecule has 1 aromatic heterocycles. The number of ether oxygens (including phenoxy) is 1. The third kappa shape index (κ3) is 3.44. The third-order valence-corrected chi connectivity index (χ3v) is 4.84.